The summed E-state index contributed by atoms with van der Waals surface area (Å²) in [6.07, 6.45) is 0. The molecule has 1 aromatic carbocycles. The Bertz CT molecular complexity index is 540. The minimum atomic E-state index is -0.299. The number of hydrazine groups is 1. The van der Waals surface area contributed by atoms with E-state index in [1.165, 1.54) is 0 Å². The monoisotopic (exact) mass is 266 g/mol. The lowest BCUT2D eigenvalue weighted by Crippen LogP contribution is -2.28. The van der Waals surface area contributed by atoms with E-state index >= 15 is 0 Å². The maximum absolute atomic E-state index is 6.01. The fraction of sp³-hybridized carbons (Fsp3) is 0.231. The summed E-state index contributed by atoms with van der Waals surface area (Å²) in [5.74, 6) is 7.86. The van der Waals surface area contributed by atoms with Crippen molar-refractivity contribution in [3.63, 3.8) is 0 Å². The smallest absolute Gasteiger partial charge is 0.127 e. The van der Waals surface area contributed by atoms with Crippen molar-refractivity contribution >= 4 is 11.6 Å². The summed E-state index contributed by atoms with van der Waals surface area (Å²) in [5.41, 5.74) is 3.55. The Labute approximate surface area is 111 Å². The van der Waals surface area contributed by atoms with Gasteiger partial charge in [0.25, 0.3) is 0 Å². The van der Waals surface area contributed by atoms with Crippen molar-refractivity contribution in [2.75, 3.05) is 7.11 Å². The molecule has 0 bridgehead atoms. The third-order valence-corrected chi connectivity index (χ3v) is 2.95. The molecule has 0 spiro atoms. The predicted octanol–water partition coefficient (Wildman–Crippen LogP) is 2.80. The standard InChI is InChI=1S/C13H15ClN2O2/c1-8-3-5-12(18-8)13(16-15)10-7-9(14)4-6-11(10)17-2/h3-7,13,16H,15H2,1-2H3. The van der Waals surface area contributed by atoms with Crippen molar-refractivity contribution in [3.05, 3.63) is 52.4 Å². The molecule has 0 saturated heterocycles. The highest BCUT2D eigenvalue weighted by Gasteiger charge is 2.20. The van der Waals surface area contributed by atoms with Crippen molar-refractivity contribution in [3.8, 4) is 5.75 Å². The van der Waals surface area contributed by atoms with E-state index in [0.717, 1.165) is 17.1 Å². The Balaban J connectivity index is 2.47. The number of nitrogens with one attached hydrogen (secondary N) is 1. The quantitative estimate of drug-likeness (QED) is 0.660. The van der Waals surface area contributed by atoms with E-state index in [0.29, 0.717) is 10.8 Å². The zero-order valence-electron chi connectivity index (χ0n) is 10.2. The lowest BCUT2D eigenvalue weighted by molar-refractivity contribution is 0.390. The van der Waals surface area contributed by atoms with Crippen LogP contribution in [-0.4, -0.2) is 7.11 Å². The molecule has 1 heterocycles. The van der Waals surface area contributed by atoms with Gasteiger partial charge < -0.3 is 9.15 Å². The Hall–Kier alpha value is -1.49. The third kappa shape index (κ3) is 2.51. The van der Waals surface area contributed by atoms with Crippen LogP contribution in [0.1, 0.15) is 23.1 Å². The topological polar surface area (TPSA) is 60.4 Å². The van der Waals surface area contributed by atoms with E-state index in [1.54, 1.807) is 19.2 Å². The van der Waals surface area contributed by atoms with Gasteiger partial charge in [-0.15, -0.1) is 0 Å². The van der Waals surface area contributed by atoms with Crippen molar-refractivity contribution in [2.24, 2.45) is 5.84 Å². The number of benzene rings is 1. The van der Waals surface area contributed by atoms with Crippen LogP contribution in [0.2, 0.25) is 5.02 Å². The maximum Gasteiger partial charge on any atom is 0.127 e. The first-order valence-corrected chi connectivity index (χ1v) is 5.89. The Kier molecular flexibility index (Phi) is 3.91. The largest absolute Gasteiger partial charge is 0.496 e. The van der Waals surface area contributed by atoms with Crippen LogP contribution in [0, 0.1) is 6.92 Å². The number of halogens is 1. The number of aryl methyl sites for hydroxylation is 1. The lowest BCUT2D eigenvalue weighted by atomic mass is 10.0. The number of furan rings is 1. The molecule has 0 saturated carbocycles. The molecule has 0 radical (unpaired) electrons. The lowest BCUT2D eigenvalue weighted by Gasteiger charge is -2.17. The van der Waals surface area contributed by atoms with Gasteiger partial charge in [-0.2, -0.15) is 0 Å². The van der Waals surface area contributed by atoms with E-state index in [4.69, 9.17) is 26.6 Å². The average molecular weight is 267 g/mol. The van der Waals surface area contributed by atoms with E-state index in [-0.39, 0.29) is 6.04 Å². The number of methoxy groups -OCH3 is 1. The summed E-state index contributed by atoms with van der Waals surface area (Å²) in [6.45, 7) is 1.88. The molecule has 0 fully saturated rings. The first-order valence-electron chi connectivity index (χ1n) is 5.51. The second-order valence-electron chi connectivity index (χ2n) is 3.93. The van der Waals surface area contributed by atoms with Gasteiger partial charge in [0.1, 0.15) is 23.3 Å². The van der Waals surface area contributed by atoms with Crippen molar-refractivity contribution in [1.82, 2.24) is 5.43 Å². The molecule has 5 heteroatoms. The number of nitrogens with two attached hydrogens (primary N) is 1. The van der Waals surface area contributed by atoms with Crippen LogP contribution in [-0.2, 0) is 0 Å². The number of hydrogen-bond donors (Lipinski definition) is 2. The molecule has 3 N–H and O–H groups in total. The van der Waals surface area contributed by atoms with Gasteiger partial charge in [-0.1, -0.05) is 11.6 Å². The van der Waals surface area contributed by atoms with Crippen LogP contribution in [0.15, 0.2) is 34.7 Å². The van der Waals surface area contributed by atoms with Crippen LogP contribution >= 0.6 is 11.6 Å². The first-order chi connectivity index (χ1) is 8.65. The molecule has 2 aromatic rings. The molecule has 0 aliphatic carbocycles. The zero-order valence-corrected chi connectivity index (χ0v) is 11.0. The highest BCUT2D eigenvalue weighted by molar-refractivity contribution is 6.30. The van der Waals surface area contributed by atoms with Gasteiger partial charge in [-0.05, 0) is 37.3 Å². The molecule has 4 nitrogen and oxygen atoms in total. The Morgan fingerprint density at radius 2 is 2.11 bits per heavy atom. The molecular formula is C13H15ClN2O2. The minimum absolute atomic E-state index is 0.299. The summed E-state index contributed by atoms with van der Waals surface area (Å²) < 4.78 is 10.9. The average Bonchev–Trinajstić information content (AvgIpc) is 2.77. The number of hydrogen-bond acceptors (Lipinski definition) is 4. The first kappa shape index (κ1) is 13.0. The van der Waals surface area contributed by atoms with E-state index in [9.17, 15) is 0 Å². The fourth-order valence-electron chi connectivity index (χ4n) is 1.86. The summed E-state index contributed by atoms with van der Waals surface area (Å²) >= 11 is 6.01. The number of rotatable bonds is 4. The van der Waals surface area contributed by atoms with Gasteiger partial charge in [0.2, 0.25) is 0 Å². The molecule has 0 aliphatic rings. The van der Waals surface area contributed by atoms with E-state index < -0.39 is 0 Å². The summed E-state index contributed by atoms with van der Waals surface area (Å²) in [4.78, 5) is 0. The highest BCUT2D eigenvalue weighted by atomic mass is 35.5. The molecule has 1 aromatic heterocycles. The second kappa shape index (κ2) is 5.44. The summed E-state index contributed by atoms with van der Waals surface area (Å²) in [6, 6.07) is 8.84. The minimum Gasteiger partial charge on any atom is -0.496 e. The third-order valence-electron chi connectivity index (χ3n) is 2.72. The van der Waals surface area contributed by atoms with Crippen LogP contribution in [0.25, 0.3) is 0 Å². The highest BCUT2D eigenvalue weighted by Crippen LogP contribution is 2.32. The maximum atomic E-state index is 6.01. The van der Waals surface area contributed by atoms with Gasteiger partial charge in [0, 0.05) is 10.6 Å². The van der Waals surface area contributed by atoms with Crippen LogP contribution in [0.4, 0.5) is 0 Å². The molecular weight excluding hydrogens is 252 g/mol. The molecule has 96 valence electrons. The van der Waals surface area contributed by atoms with Gasteiger partial charge in [-0.3, -0.25) is 5.84 Å². The fourth-order valence-corrected chi connectivity index (χ4v) is 2.05. The summed E-state index contributed by atoms with van der Waals surface area (Å²) in [5, 5.41) is 0.620. The van der Waals surface area contributed by atoms with Crippen molar-refractivity contribution < 1.29 is 9.15 Å². The molecule has 0 aliphatic heterocycles. The zero-order chi connectivity index (χ0) is 13.1. The summed E-state index contributed by atoms with van der Waals surface area (Å²) in [7, 11) is 1.60. The van der Waals surface area contributed by atoms with Gasteiger partial charge in [-0.25, -0.2) is 5.43 Å². The molecule has 1 unspecified atom stereocenters. The second-order valence-corrected chi connectivity index (χ2v) is 4.37. The normalized spacial score (nSPS) is 12.4. The Morgan fingerprint density at radius 1 is 1.33 bits per heavy atom. The van der Waals surface area contributed by atoms with Crippen molar-refractivity contribution in [1.29, 1.82) is 0 Å². The van der Waals surface area contributed by atoms with E-state index in [2.05, 4.69) is 5.43 Å². The van der Waals surface area contributed by atoms with E-state index in [1.807, 2.05) is 25.1 Å². The van der Waals surface area contributed by atoms with Crippen LogP contribution < -0.4 is 16.0 Å². The van der Waals surface area contributed by atoms with Crippen LogP contribution in [0.5, 0.6) is 5.75 Å². The van der Waals surface area contributed by atoms with Gasteiger partial charge >= 0.3 is 0 Å². The van der Waals surface area contributed by atoms with Gasteiger partial charge in [0.15, 0.2) is 0 Å². The van der Waals surface area contributed by atoms with Crippen LogP contribution in [0.3, 0.4) is 0 Å². The molecule has 0 amide bonds. The Morgan fingerprint density at radius 3 is 2.67 bits per heavy atom. The van der Waals surface area contributed by atoms with Crippen molar-refractivity contribution in [2.45, 2.75) is 13.0 Å². The molecule has 18 heavy (non-hydrogen) atoms. The SMILES string of the molecule is COc1ccc(Cl)cc1C(NN)c1ccc(C)o1. The molecule has 1 atom stereocenters. The molecule has 2 rings (SSSR count). The number of ether oxygens (including phenoxy) is 1. The van der Waals surface area contributed by atoms with Gasteiger partial charge in [0.05, 0.1) is 7.11 Å². The predicted molar refractivity (Wildman–Crippen MR) is 70.6 cm³/mol.